The number of carboxylic acid groups (broad SMARTS) is 1. The Kier molecular flexibility index (Phi) is 6.56. The lowest BCUT2D eigenvalue weighted by atomic mass is 10.00. The number of nitrogens with zero attached hydrogens (tertiary/aromatic N) is 4. The average molecular weight is 427 g/mol. The summed E-state index contributed by atoms with van der Waals surface area (Å²) in [5, 5.41) is 11.7. The maximum absolute atomic E-state index is 13.5. The first kappa shape index (κ1) is 22.4. The van der Waals surface area contributed by atoms with Crippen LogP contribution in [0.25, 0.3) is 0 Å². The van der Waals surface area contributed by atoms with Gasteiger partial charge in [0.05, 0.1) is 11.7 Å². The molecule has 0 atom stereocenters. The van der Waals surface area contributed by atoms with Crippen molar-refractivity contribution in [3.8, 4) is 0 Å². The van der Waals surface area contributed by atoms with Crippen LogP contribution in [0.4, 0.5) is 24.5 Å². The van der Waals surface area contributed by atoms with Crippen LogP contribution in [0.2, 0.25) is 0 Å². The summed E-state index contributed by atoms with van der Waals surface area (Å²) in [6, 6.07) is 3.45. The molecule has 30 heavy (non-hydrogen) atoms. The van der Waals surface area contributed by atoms with E-state index in [0.29, 0.717) is 49.6 Å². The van der Waals surface area contributed by atoms with Crippen molar-refractivity contribution < 1.29 is 27.9 Å². The lowest BCUT2D eigenvalue weighted by molar-refractivity contribution is -0.254. The first-order valence-corrected chi connectivity index (χ1v) is 9.95. The highest BCUT2D eigenvalue weighted by Gasteiger charge is 2.46. The Balaban J connectivity index is 2.04. The number of hydrogen-bond acceptors (Lipinski definition) is 6. The molecule has 0 spiro atoms. The fraction of sp³-hybridized carbons (Fsp3) is 0.600. The number of hydrogen-bond donors (Lipinski definition) is 0. The van der Waals surface area contributed by atoms with Crippen molar-refractivity contribution in [2.45, 2.75) is 25.1 Å². The minimum Gasteiger partial charge on any atom is -0.545 e. The van der Waals surface area contributed by atoms with Gasteiger partial charge in [-0.15, -0.1) is 0 Å². The van der Waals surface area contributed by atoms with Crippen molar-refractivity contribution in [1.82, 2.24) is 9.80 Å². The van der Waals surface area contributed by atoms with Gasteiger partial charge in [-0.2, -0.15) is 13.2 Å². The predicted molar refractivity (Wildman–Crippen MR) is 105 cm³/mol. The van der Waals surface area contributed by atoms with Gasteiger partial charge in [0.25, 0.3) is 0 Å². The molecule has 10 heteroatoms. The third-order valence-electron chi connectivity index (χ3n) is 5.84. The summed E-state index contributed by atoms with van der Waals surface area (Å²) in [7, 11) is 3.83. The standard InChI is InChI=1S/C20H27F3N4O3/c1-24-7-5-14(6-8-24)27(19(30)20(21,22)23)17-13-15(3-4-16(17)18(28)29)26-11-9-25(2)10-12-26/h3-4,13-14H,5-12H2,1-2H3,(H,28,29)/p-1. The van der Waals surface area contributed by atoms with Crippen LogP contribution >= 0.6 is 0 Å². The lowest BCUT2D eigenvalue weighted by Crippen LogP contribution is -2.52. The molecule has 0 saturated carbocycles. The molecule has 0 N–H and O–H groups in total. The molecule has 2 heterocycles. The summed E-state index contributed by atoms with van der Waals surface area (Å²) in [6.45, 7) is 3.90. The number of likely N-dealkylation sites (tertiary alicyclic amines) is 1. The van der Waals surface area contributed by atoms with E-state index >= 15 is 0 Å². The zero-order chi connectivity index (χ0) is 22.1. The summed E-state index contributed by atoms with van der Waals surface area (Å²) >= 11 is 0. The zero-order valence-electron chi connectivity index (χ0n) is 17.1. The van der Waals surface area contributed by atoms with Gasteiger partial charge in [-0.3, -0.25) is 4.79 Å². The molecule has 1 aromatic carbocycles. The Hall–Kier alpha value is -2.33. The molecule has 3 rings (SSSR count). The van der Waals surface area contributed by atoms with Gasteiger partial charge in [-0.25, -0.2) is 0 Å². The number of piperidine rings is 1. The molecule has 2 aliphatic heterocycles. The van der Waals surface area contributed by atoms with Crippen LogP contribution in [0.1, 0.15) is 23.2 Å². The monoisotopic (exact) mass is 427 g/mol. The molecule has 0 aliphatic carbocycles. The van der Waals surface area contributed by atoms with Gasteiger partial charge >= 0.3 is 12.1 Å². The smallest absolute Gasteiger partial charge is 0.471 e. The number of likely N-dealkylation sites (N-methyl/N-ethyl adjacent to an activating group) is 1. The van der Waals surface area contributed by atoms with Crippen molar-refractivity contribution in [2.75, 3.05) is 63.2 Å². The Labute approximate surface area is 173 Å². The zero-order valence-corrected chi connectivity index (χ0v) is 17.1. The van der Waals surface area contributed by atoms with Crippen molar-refractivity contribution in [1.29, 1.82) is 0 Å². The fourth-order valence-electron chi connectivity index (χ4n) is 4.01. The van der Waals surface area contributed by atoms with Crippen molar-refractivity contribution in [2.24, 2.45) is 0 Å². The first-order chi connectivity index (χ1) is 14.1. The number of aromatic carboxylic acids is 1. The normalized spacial score (nSPS) is 19.7. The largest absolute Gasteiger partial charge is 0.545 e. The Morgan fingerprint density at radius 2 is 1.57 bits per heavy atom. The Morgan fingerprint density at radius 1 is 1.00 bits per heavy atom. The number of halogens is 3. The number of rotatable bonds is 4. The van der Waals surface area contributed by atoms with Gasteiger partial charge in [-0.05, 0) is 58.2 Å². The molecular weight excluding hydrogens is 401 g/mol. The van der Waals surface area contributed by atoms with E-state index < -0.39 is 29.7 Å². The van der Waals surface area contributed by atoms with E-state index in [4.69, 9.17) is 0 Å². The van der Waals surface area contributed by atoms with Gasteiger partial charge < -0.3 is 29.5 Å². The maximum Gasteiger partial charge on any atom is 0.471 e. The Bertz CT molecular complexity index is 786. The molecule has 0 unspecified atom stereocenters. The summed E-state index contributed by atoms with van der Waals surface area (Å²) in [5.74, 6) is -3.65. The molecule has 1 aromatic rings. The highest BCUT2D eigenvalue weighted by Crippen LogP contribution is 2.34. The number of anilines is 2. The second kappa shape index (κ2) is 8.81. The van der Waals surface area contributed by atoms with E-state index in [-0.39, 0.29) is 5.69 Å². The van der Waals surface area contributed by atoms with Crippen LogP contribution in [-0.4, -0.2) is 87.3 Å². The third-order valence-corrected chi connectivity index (χ3v) is 5.84. The molecule has 7 nitrogen and oxygen atoms in total. The number of amides is 1. The summed E-state index contributed by atoms with van der Waals surface area (Å²) in [4.78, 5) is 30.8. The van der Waals surface area contributed by atoms with Crippen LogP contribution in [-0.2, 0) is 4.79 Å². The SMILES string of the molecule is CN1CCC(N(C(=O)C(F)(F)F)c2cc(N3CCN(C)CC3)ccc2C(=O)[O-])CC1. The molecule has 0 bridgehead atoms. The molecular formula is C20H26F3N4O3-. The number of carboxylic acids is 1. The fourth-order valence-corrected chi connectivity index (χ4v) is 4.01. The molecule has 1 amide bonds. The van der Waals surface area contributed by atoms with Crippen LogP contribution in [0.5, 0.6) is 0 Å². The number of carbonyl (C=O) groups is 2. The number of piperazine rings is 1. The highest BCUT2D eigenvalue weighted by atomic mass is 19.4. The number of benzene rings is 1. The summed E-state index contributed by atoms with van der Waals surface area (Å²) in [6.07, 6.45) is -4.47. The van der Waals surface area contributed by atoms with Gasteiger partial charge in [0.15, 0.2) is 0 Å². The second-order valence-electron chi connectivity index (χ2n) is 7.99. The quantitative estimate of drug-likeness (QED) is 0.708. The minimum atomic E-state index is -5.11. The van der Waals surface area contributed by atoms with Gasteiger partial charge in [0, 0.05) is 43.5 Å². The van der Waals surface area contributed by atoms with Gasteiger partial charge in [-0.1, -0.05) is 0 Å². The molecule has 2 fully saturated rings. The summed E-state index contributed by atoms with van der Waals surface area (Å²) < 4.78 is 40.4. The van der Waals surface area contributed by atoms with Crippen molar-refractivity contribution in [3.05, 3.63) is 23.8 Å². The van der Waals surface area contributed by atoms with Crippen LogP contribution in [0.3, 0.4) is 0 Å². The molecule has 2 saturated heterocycles. The van der Waals surface area contributed by atoms with E-state index in [2.05, 4.69) is 4.90 Å². The molecule has 0 radical (unpaired) electrons. The first-order valence-electron chi connectivity index (χ1n) is 9.95. The van der Waals surface area contributed by atoms with Crippen molar-refractivity contribution >= 4 is 23.3 Å². The van der Waals surface area contributed by atoms with Gasteiger partial charge in [0.1, 0.15) is 0 Å². The molecule has 166 valence electrons. The maximum atomic E-state index is 13.5. The van der Waals surface area contributed by atoms with E-state index in [1.54, 1.807) is 6.07 Å². The highest BCUT2D eigenvalue weighted by molar-refractivity contribution is 6.04. The lowest BCUT2D eigenvalue weighted by Gasteiger charge is -2.39. The van der Waals surface area contributed by atoms with Crippen LogP contribution < -0.4 is 14.9 Å². The number of carbonyl (C=O) groups excluding carboxylic acids is 2. The topological polar surface area (TPSA) is 70.2 Å². The molecule has 2 aliphatic rings. The van der Waals surface area contributed by atoms with Gasteiger partial charge in [0.2, 0.25) is 0 Å². The van der Waals surface area contributed by atoms with E-state index in [0.717, 1.165) is 13.1 Å². The Morgan fingerprint density at radius 3 is 2.10 bits per heavy atom. The third kappa shape index (κ3) is 4.86. The predicted octanol–water partition coefficient (Wildman–Crippen LogP) is 0.791. The summed E-state index contributed by atoms with van der Waals surface area (Å²) in [5.41, 5.74) is -0.0660. The average Bonchev–Trinajstić information content (AvgIpc) is 2.69. The van der Waals surface area contributed by atoms with Crippen LogP contribution in [0.15, 0.2) is 18.2 Å². The van der Waals surface area contributed by atoms with Crippen molar-refractivity contribution in [3.63, 3.8) is 0 Å². The van der Waals surface area contributed by atoms with E-state index in [1.165, 1.54) is 12.1 Å². The molecule has 0 aromatic heterocycles. The second-order valence-corrected chi connectivity index (χ2v) is 7.99. The number of alkyl halides is 3. The van der Waals surface area contributed by atoms with E-state index in [1.807, 2.05) is 23.9 Å². The van der Waals surface area contributed by atoms with Crippen LogP contribution in [0, 0.1) is 0 Å². The minimum absolute atomic E-state index is 0.247. The van der Waals surface area contributed by atoms with E-state index in [9.17, 15) is 27.9 Å².